The molecule has 6 nitrogen and oxygen atoms in total. The molecule has 29 heavy (non-hydrogen) atoms. The maximum absolute atomic E-state index is 12.7. The molecule has 2 N–H and O–H groups in total. The Hall–Kier alpha value is -3.02. The van der Waals surface area contributed by atoms with Crippen LogP contribution >= 0.6 is 0 Å². The summed E-state index contributed by atoms with van der Waals surface area (Å²) in [5.74, 6) is 1.15. The molecule has 0 aromatic heterocycles. The SMILES string of the molecule is CCOc1ccc2c(c1)CN(C(=O)Nc1ccc(NC(=O)CC(C)C)cc1)CC2. The van der Waals surface area contributed by atoms with Crippen molar-refractivity contribution >= 4 is 23.3 Å². The Labute approximate surface area is 172 Å². The minimum absolute atomic E-state index is 0.00445. The molecule has 1 aliphatic rings. The summed E-state index contributed by atoms with van der Waals surface area (Å²) in [6.07, 6.45) is 1.32. The second-order valence-corrected chi connectivity index (χ2v) is 7.69. The molecule has 3 amide bonds. The van der Waals surface area contributed by atoms with Crippen LogP contribution in [-0.2, 0) is 17.8 Å². The van der Waals surface area contributed by atoms with Gasteiger partial charge in [-0.1, -0.05) is 19.9 Å². The fraction of sp³-hybridized carbons (Fsp3) is 0.391. The van der Waals surface area contributed by atoms with Crippen LogP contribution < -0.4 is 15.4 Å². The number of hydrogen-bond acceptors (Lipinski definition) is 3. The lowest BCUT2D eigenvalue weighted by atomic mass is 10.00. The molecule has 154 valence electrons. The standard InChI is InChI=1S/C23H29N3O3/c1-4-29-21-10-5-17-11-12-26(15-18(17)14-21)23(28)25-20-8-6-19(7-9-20)24-22(27)13-16(2)3/h5-10,14,16H,4,11-13,15H2,1-3H3,(H,24,27)(H,25,28). The van der Waals surface area contributed by atoms with E-state index in [1.807, 2.05) is 32.9 Å². The third kappa shape index (κ3) is 5.73. The van der Waals surface area contributed by atoms with Gasteiger partial charge in [0, 0.05) is 30.9 Å². The maximum Gasteiger partial charge on any atom is 0.322 e. The number of rotatable bonds is 6. The molecule has 0 bridgehead atoms. The zero-order valence-electron chi connectivity index (χ0n) is 17.3. The van der Waals surface area contributed by atoms with Gasteiger partial charge in [-0.3, -0.25) is 4.79 Å². The zero-order chi connectivity index (χ0) is 20.8. The Morgan fingerprint density at radius 2 is 1.72 bits per heavy atom. The van der Waals surface area contributed by atoms with Gasteiger partial charge in [-0.05, 0) is 66.8 Å². The summed E-state index contributed by atoms with van der Waals surface area (Å²) in [6, 6.07) is 13.2. The molecule has 2 aromatic rings. The summed E-state index contributed by atoms with van der Waals surface area (Å²) in [6.45, 7) is 7.84. The number of amides is 3. The first-order valence-electron chi connectivity index (χ1n) is 10.1. The highest BCUT2D eigenvalue weighted by atomic mass is 16.5. The minimum atomic E-state index is -0.131. The van der Waals surface area contributed by atoms with Crippen molar-refractivity contribution < 1.29 is 14.3 Å². The van der Waals surface area contributed by atoms with E-state index in [1.165, 1.54) is 5.56 Å². The fourth-order valence-corrected chi connectivity index (χ4v) is 3.39. The average Bonchev–Trinajstić information content (AvgIpc) is 2.68. The van der Waals surface area contributed by atoms with E-state index in [2.05, 4.69) is 16.7 Å². The number of fused-ring (bicyclic) bond motifs is 1. The van der Waals surface area contributed by atoms with Crippen molar-refractivity contribution in [3.05, 3.63) is 53.6 Å². The first kappa shape index (κ1) is 20.7. The highest BCUT2D eigenvalue weighted by molar-refractivity contribution is 5.92. The van der Waals surface area contributed by atoms with Crippen LogP contribution in [0.15, 0.2) is 42.5 Å². The molecule has 3 rings (SSSR count). The number of nitrogens with zero attached hydrogens (tertiary/aromatic N) is 1. The van der Waals surface area contributed by atoms with Crippen molar-refractivity contribution in [3.8, 4) is 5.75 Å². The van der Waals surface area contributed by atoms with Crippen LogP contribution in [0.5, 0.6) is 5.75 Å². The lowest BCUT2D eigenvalue weighted by Gasteiger charge is -2.29. The molecule has 0 atom stereocenters. The van der Waals surface area contributed by atoms with E-state index in [0.29, 0.717) is 37.7 Å². The quantitative estimate of drug-likeness (QED) is 0.747. The van der Waals surface area contributed by atoms with Gasteiger partial charge in [-0.15, -0.1) is 0 Å². The maximum atomic E-state index is 12.7. The number of carbonyl (C=O) groups is 2. The topological polar surface area (TPSA) is 70.7 Å². The van der Waals surface area contributed by atoms with Gasteiger partial charge in [-0.25, -0.2) is 4.79 Å². The molecule has 6 heteroatoms. The average molecular weight is 396 g/mol. The van der Waals surface area contributed by atoms with Crippen molar-refractivity contribution in [1.82, 2.24) is 4.90 Å². The Morgan fingerprint density at radius 3 is 2.38 bits per heavy atom. The van der Waals surface area contributed by atoms with Gasteiger partial charge >= 0.3 is 6.03 Å². The van der Waals surface area contributed by atoms with Crippen LogP contribution in [-0.4, -0.2) is 30.0 Å². The van der Waals surface area contributed by atoms with Crippen LogP contribution in [0, 0.1) is 5.92 Å². The Morgan fingerprint density at radius 1 is 1.03 bits per heavy atom. The van der Waals surface area contributed by atoms with Gasteiger partial charge in [0.05, 0.1) is 6.61 Å². The molecule has 1 aliphatic heterocycles. The smallest absolute Gasteiger partial charge is 0.322 e. The van der Waals surface area contributed by atoms with Gasteiger partial charge < -0.3 is 20.3 Å². The second-order valence-electron chi connectivity index (χ2n) is 7.69. The summed E-state index contributed by atoms with van der Waals surface area (Å²) in [7, 11) is 0. The normalized spacial score (nSPS) is 13.0. The van der Waals surface area contributed by atoms with Gasteiger partial charge in [0.1, 0.15) is 5.75 Å². The second kappa shape index (κ2) is 9.45. The highest BCUT2D eigenvalue weighted by Crippen LogP contribution is 2.24. The molecule has 0 fully saturated rings. The first-order valence-corrected chi connectivity index (χ1v) is 10.1. The van der Waals surface area contributed by atoms with Crippen LogP contribution in [0.2, 0.25) is 0 Å². The molecule has 0 saturated heterocycles. The van der Waals surface area contributed by atoms with Crippen molar-refractivity contribution in [1.29, 1.82) is 0 Å². The zero-order valence-corrected chi connectivity index (χ0v) is 17.3. The molecule has 0 saturated carbocycles. The van der Waals surface area contributed by atoms with Crippen molar-refractivity contribution in [2.24, 2.45) is 5.92 Å². The molecule has 1 heterocycles. The summed E-state index contributed by atoms with van der Waals surface area (Å²) in [5.41, 5.74) is 3.81. The Bertz CT molecular complexity index is 862. The molecule has 0 unspecified atom stereocenters. The van der Waals surface area contributed by atoms with E-state index in [-0.39, 0.29) is 11.9 Å². The predicted molar refractivity (Wildman–Crippen MR) is 115 cm³/mol. The number of ether oxygens (including phenoxy) is 1. The lowest BCUT2D eigenvalue weighted by Crippen LogP contribution is -2.38. The summed E-state index contributed by atoms with van der Waals surface area (Å²) in [5, 5.41) is 5.81. The van der Waals surface area contributed by atoms with Gasteiger partial charge in [-0.2, -0.15) is 0 Å². The van der Waals surface area contributed by atoms with E-state index in [9.17, 15) is 9.59 Å². The van der Waals surface area contributed by atoms with Gasteiger partial charge in [0.2, 0.25) is 5.91 Å². The van der Waals surface area contributed by atoms with Gasteiger partial charge in [0.15, 0.2) is 0 Å². The summed E-state index contributed by atoms with van der Waals surface area (Å²) >= 11 is 0. The van der Waals surface area contributed by atoms with E-state index < -0.39 is 0 Å². The van der Waals surface area contributed by atoms with Crippen LogP contribution in [0.25, 0.3) is 0 Å². The molecular formula is C23H29N3O3. The monoisotopic (exact) mass is 395 g/mol. The van der Waals surface area contributed by atoms with E-state index in [0.717, 1.165) is 23.4 Å². The molecule has 0 aliphatic carbocycles. The van der Waals surface area contributed by atoms with Crippen LogP contribution in [0.4, 0.5) is 16.2 Å². The largest absolute Gasteiger partial charge is 0.494 e. The Kier molecular flexibility index (Phi) is 6.75. The van der Waals surface area contributed by atoms with Crippen LogP contribution in [0.3, 0.4) is 0 Å². The van der Waals surface area contributed by atoms with Crippen LogP contribution in [0.1, 0.15) is 38.3 Å². The first-order chi connectivity index (χ1) is 13.9. The molecular weight excluding hydrogens is 366 g/mol. The van der Waals surface area contributed by atoms with Crippen molar-refractivity contribution in [2.75, 3.05) is 23.8 Å². The third-order valence-corrected chi connectivity index (χ3v) is 4.80. The fourth-order valence-electron chi connectivity index (χ4n) is 3.39. The van der Waals surface area contributed by atoms with Crippen molar-refractivity contribution in [2.45, 2.75) is 40.2 Å². The minimum Gasteiger partial charge on any atom is -0.494 e. The number of benzene rings is 2. The van der Waals surface area contributed by atoms with Gasteiger partial charge in [0.25, 0.3) is 0 Å². The lowest BCUT2D eigenvalue weighted by molar-refractivity contribution is -0.116. The number of anilines is 2. The number of nitrogens with one attached hydrogen (secondary N) is 2. The number of carbonyl (C=O) groups excluding carboxylic acids is 2. The number of urea groups is 1. The predicted octanol–water partition coefficient (Wildman–Crippen LogP) is 4.66. The van der Waals surface area contributed by atoms with E-state index >= 15 is 0 Å². The van der Waals surface area contributed by atoms with E-state index in [4.69, 9.17) is 4.74 Å². The number of hydrogen-bond donors (Lipinski definition) is 2. The summed E-state index contributed by atoms with van der Waals surface area (Å²) in [4.78, 5) is 26.3. The van der Waals surface area contributed by atoms with Crippen molar-refractivity contribution in [3.63, 3.8) is 0 Å². The molecule has 2 aromatic carbocycles. The third-order valence-electron chi connectivity index (χ3n) is 4.80. The Balaban J connectivity index is 1.58. The molecule has 0 radical (unpaired) electrons. The molecule has 0 spiro atoms. The highest BCUT2D eigenvalue weighted by Gasteiger charge is 2.21. The summed E-state index contributed by atoms with van der Waals surface area (Å²) < 4.78 is 5.57. The van der Waals surface area contributed by atoms with E-state index in [1.54, 1.807) is 29.2 Å².